The Kier molecular flexibility index (Phi) is 4.17. The zero-order chi connectivity index (χ0) is 16.6. The topological polar surface area (TPSA) is 37.4 Å². The van der Waals surface area contributed by atoms with Crippen molar-refractivity contribution in [1.29, 1.82) is 0 Å². The first-order valence-corrected chi connectivity index (χ1v) is 7.95. The molecule has 3 nitrogen and oxygen atoms in total. The minimum absolute atomic E-state index is 0.00708. The SMILES string of the molecule is CN1C(=O)Cc2cc(C(=O)CSc3ccc(F)cc3F)ccc21. The lowest BCUT2D eigenvalue weighted by molar-refractivity contribution is -0.117. The summed E-state index contributed by atoms with van der Waals surface area (Å²) in [6, 6.07) is 8.39. The minimum Gasteiger partial charge on any atom is -0.315 e. The number of anilines is 1. The van der Waals surface area contributed by atoms with Crippen LogP contribution in [-0.4, -0.2) is 24.5 Å². The standard InChI is InChI=1S/C17H13F2NO2S/c1-20-14-4-2-10(6-11(14)7-17(20)22)15(21)9-23-16-5-3-12(18)8-13(16)19/h2-6,8H,7,9H2,1H3. The van der Waals surface area contributed by atoms with E-state index in [-0.39, 0.29) is 28.8 Å². The van der Waals surface area contributed by atoms with E-state index in [1.54, 1.807) is 30.1 Å². The number of thioether (sulfide) groups is 1. The molecule has 1 heterocycles. The summed E-state index contributed by atoms with van der Waals surface area (Å²) in [5.41, 5.74) is 2.12. The van der Waals surface area contributed by atoms with Gasteiger partial charge in [0.15, 0.2) is 5.78 Å². The summed E-state index contributed by atoms with van der Waals surface area (Å²) in [5, 5.41) is 0. The van der Waals surface area contributed by atoms with Gasteiger partial charge in [0.1, 0.15) is 11.6 Å². The van der Waals surface area contributed by atoms with Gasteiger partial charge in [0.05, 0.1) is 12.2 Å². The largest absolute Gasteiger partial charge is 0.315 e. The van der Waals surface area contributed by atoms with E-state index in [1.807, 2.05) is 0 Å². The molecule has 1 aliphatic rings. The van der Waals surface area contributed by atoms with Crippen molar-refractivity contribution in [3.63, 3.8) is 0 Å². The maximum atomic E-state index is 13.6. The highest BCUT2D eigenvalue weighted by Crippen LogP contribution is 2.29. The Morgan fingerprint density at radius 1 is 1.22 bits per heavy atom. The van der Waals surface area contributed by atoms with Crippen LogP contribution in [0.15, 0.2) is 41.3 Å². The third-order valence-electron chi connectivity index (χ3n) is 3.73. The van der Waals surface area contributed by atoms with Gasteiger partial charge in [-0.3, -0.25) is 9.59 Å². The number of carbonyl (C=O) groups is 2. The van der Waals surface area contributed by atoms with Crippen molar-refractivity contribution in [2.75, 3.05) is 17.7 Å². The quantitative estimate of drug-likeness (QED) is 0.635. The number of rotatable bonds is 4. The zero-order valence-corrected chi connectivity index (χ0v) is 13.1. The molecule has 0 aliphatic carbocycles. The number of Topliss-reactive ketones (excluding diaryl/α,β-unsaturated/α-hetero) is 1. The highest BCUT2D eigenvalue weighted by Gasteiger charge is 2.24. The number of hydrogen-bond acceptors (Lipinski definition) is 3. The summed E-state index contributed by atoms with van der Waals surface area (Å²) in [6.45, 7) is 0. The van der Waals surface area contributed by atoms with Gasteiger partial charge in [-0.05, 0) is 35.9 Å². The van der Waals surface area contributed by atoms with Crippen LogP contribution in [0.4, 0.5) is 14.5 Å². The van der Waals surface area contributed by atoms with Crippen molar-refractivity contribution in [3.05, 3.63) is 59.2 Å². The fourth-order valence-corrected chi connectivity index (χ4v) is 3.28. The molecular weight excluding hydrogens is 320 g/mol. The van der Waals surface area contributed by atoms with Crippen LogP contribution in [0.25, 0.3) is 0 Å². The Morgan fingerprint density at radius 2 is 2.00 bits per heavy atom. The number of ketones is 1. The number of benzene rings is 2. The molecule has 0 fully saturated rings. The van der Waals surface area contributed by atoms with E-state index in [2.05, 4.69) is 0 Å². The molecule has 0 spiro atoms. The molecule has 0 atom stereocenters. The third-order valence-corrected chi connectivity index (χ3v) is 4.78. The van der Waals surface area contributed by atoms with E-state index < -0.39 is 11.6 Å². The fraction of sp³-hybridized carbons (Fsp3) is 0.176. The van der Waals surface area contributed by atoms with E-state index >= 15 is 0 Å². The van der Waals surface area contributed by atoms with Crippen molar-refractivity contribution in [3.8, 4) is 0 Å². The summed E-state index contributed by atoms with van der Waals surface area (Å²) >= 11 is 1.02. The Morgan fingerprint density at radius 3 is 2.74 bits per heavy atom. The molecule has 0 saturated carbocycles. The molecule has 0 radical (unpaired) electrons. The van der Waals surface area contributed by atoms with Gasteiger partial charge in [-0.2, -0.15) is 0 Å². The van der Waals surface area contributed by atoms with Crippen LogP contribution in [0.3, 0.4) is 0 Å². The Bertz CT molecular complexity index is 807. The second-order valence-electron chi connectivity index (χ2n) is 5.26. The van der Waals surface area contributed by atoms with E-state index in [0.29, 0.717) is 5.56 Å². The Balaban J connectivity index is 1.72. The summed E-state index contributed by atoms with van der Waals surface area (Å²) < 4.78 is 26.4. The van der Waals surface area contributed by atoms with E-state index in [1.165, 1.54) is 6.07 Å². The van der Waals surface area contributed by atoms with Gasteiger partial charge in [0, 0.05) is 29.3 Å². The Hall–Kier alpha value is -2.21. The summed E-state index contributed by atoms with van der Waals surface area (Å²) in [6.07, 6.45) is 0.284. The summed E-state index contributed by atoms with van der Waals surface area (Å²) in [7, 11) is 1.70. The van der Waals surface area contributed by atoms with Gasteiger partial charge < -0.3 is 4.90 Å². The van der Waals surface area contributed by atoms with Gasteiger partial charge >= 0.3 is 0 Å². The molecule has 0 saturated heterocycles. The first kappa shape index (κ1) is 15.7. The molecule has 0 unspecified atom stereocenters. The second-order valence-corrected chi connectivity index (χ2v) is 6.28. The van der Waals surface area contributed by atoms with Crippen LogP contribution in [0, 0.1) is 11.6 Å². The number of likely N-dealkylation sites (N-methyl/N-ethyl adjacent to an activating group) is 1. The molecule has 2 aromatic carbocycles. The number of carbonyl (C=O) groups excluding carboxylic acids is 2. The predicted octanol–water partition coefficient (Wildman–Crippen LogP) is 3.46. The lowest BCUT2D eigenvalue weighted by Crippen LogP contribution is -2.20. The van der Waals surface area contributed by atoms with Crippen molar-refractivity contribution >= 4 is 29.1 Å². The molecular formula is C17H13F2NO2S. The summed E-state index contributed by atoms with van der Waals surface area (Å²) in [5.74, 6) is -1.45. The fourth-order valence-electron chi connectivity index (χ4n) is 2.46. The molecule has 1 aliphatic heterocycles. The molecule has 0 N–H and O–H groups in total. The zero-order valence-electron chi connectivity index (χ0n) is 12.3. The van der Waals surface area contributed by atoms with Gasteiger partial charge in [0.2, 0.25) is 5.91 Å². The predicted molar refractivity (Wildman–Crippen MR) is 85.0 cm³/mol. The van der Waals surface area contributed by atoms with Crippen LogP contribution in [-0.2, 0) is 11.2 Å². The van der Waals surface area contributed by atoms with Gasteiger partial charge in [-0.25, -0.2) is 8.78 Å². The maximum Gasteiger partial charge on any atom is 0.231 e. The average molecular weight is 333 g/mol. The third kappa shape index (κ3) is 3.12. The van der Waals surface area contributed by atoms with Crippen LogP contribution in [0.1, 0.15) is 15.9 Å². The molecule has 23 heavy (non-hydrogen) atoms. The number of nitrogens with zero attached hydrogens (tertiary/aromatic N) is 1. The number of hydrogen-bond donors (Lipinski definition) is 0. The van der Waals surface area contributed by atoms with E-state index in [0.717, 1.165) is 35.1 Å². The minimum atomic E-state index is -0.677. The van der Waals surface area contributed by atoms with E-state index in [9.17, 15) is 18.4 Å². The normalized spacial score (nSPS) is 13.3. The molecule has 0 aromatic heterocycles. The monoisotopic (exact) mass is 333 g/mol. The summed E-state index contributed by atoms with van der Waals surface area (Å²) in [4.78, 5) is 25.7. The van der Waals surface area contributed by atoms with E-state index in [4.69, 9.17) is 0 Å². The lowest BCUT2D eigenvalue weighted by atomic mass is 10.1. The lowest BCUT2D eigenvalue weighted by Gasteiger charge is -2.10. The highest BCUT2D eigenvalue weighted by molar-refractivity contribution is 8.00. The molecule has 2 aromatic rings. The van der Waals surface area contributed by atoms with Gasteiger partial charge in [-0.15, -0.1) is 11.8 Å². The number of halogens is 2. The van der Waals surface area contributed by atoms with Gasteiger partial charge in [-0.1, -0.05) is 0 Å². The molecule has 1 amide bonds. The van der Waals surface area contributed by atoms with Crippen LogP contribution < -0.4 is 4.90 Å². The maximum absolute atomic E-state index is 13.6. The van der Waals surface area contributed by atoms with Gasteiger partial charge in [0.25, 0.3) is 0 Å². The van der Waals surface area contributed by atoms with Crippen LogP contribution >= 0.6 is 11.8 Å². The van der Waals surface area contributed by atoms with Crippen molar-refractivity contribution in [2.45, 2.75) is 11.3 Å². The molecule has 118 valence electrons. The van der Waals surface area contributed by atoms with Crippen molar-refractivity contribution in [1.82, 2.24) is 0 Å². The first-order valence-electron chi connectivity index (χ1n) is 6.96. The first-order chi connectivity index (χ1) is 11.0. The van der Waals surface area contributed by atoms with Crippen LogP contribution in [0.5, 0.6) is 0 Å². The van der Waals surface area contributed by atoms with Crippen LogP contribution in [0.2, 0.25) is 0 Å². The van der Waals surface area contributed by atoms with Crippen molar-refractivity contribution < 1.29 is 18.4 Å². The Labute approximate surface area is 136 Å². The molecule has 0 bridgehead atoms. The smallest absolute Gasteiger partial charge is 0.231 e. The second kappa shape index (κ2) is 6.12. The molecule has 6 heteroatoms. The highest BCUT2D eigenvalue weighted by atomic mass is 32.2. The number of fused-ring (bicyclic) bond motifs is 1. The van der Waals surface area contributed by atoms with Crippen molar-refractivity contribution in [2.24, 2.45) is 0 Å². The molecule has 3 rings (SSSR count). The number of amides is 1. The average Bonchev–Trinajstić information content (AvgIpc) is 2.80.